The lowest BCUT2D eigenvalue weighted by Gasteiger charge is -2.22. The van der Waals surface area contributed by atoms with Crippen LogP contribution < -0.4 is 0 Å². The van der Waals surface area contributed by atoms with Crippen LogP contribution in [0.25, 0.3) is 0 Å². The summed E-state index contributed by atoms with van der Waals surface area (Å²) in [6.07, 6.45) is 0. The van der Waals surface area contributed by atoms with E-state index in [2.05, 4.69) is 18.7 Å². The summed E-state index contributed by atoms with van der Waals surface area (Å²) >= 11 is 5.73. The average molecular weight is 194 g/mol. The molecule has 0 N–H and O–H groups in total. The molecule has 0 aromatic carbocycles. The monoisotopic (exact) mass is 193 g/mol. The molecule has 0 rings (SSSR count). The zero-order valence-electron chi connectivity index (χ0n) is 8.35. The molecule has 0 aromatic rings. The van der Waals surface area contributed by atoms with Gasteiger partial charge in [0.05, 0.1) is 6.61 Å². The van der Waals surface area contributed by atoms with E-state index in [1.807, 2.05) is 0 Å². The maximum atomic E-state index is 5.73. The number of likely N-dealkylation sites (N-methyl/N-ethyl adjacent to an activating group) is 1. The van der Waals surface area contributed by atoms with Gasteiger partial charge >= 0.3 is 0 Å². The highest BCUT2D eigenvalue weighted by Crippen LogP contribution is 2.01. The largest absolute Gasteiger partial charge is 0.383 e. The summed E-state index contributed by atoms with van der Waals surface area (Å²) in [7, 11) is 1.73. The van der Waals surface area contributed by atoms with E-state index in [9.17, 15) is 0 Å². The van der Waals surface area contributed by atoms with Gasteiger partial charge in [0, 0.05) is 26.1 Å². The molecule has 0 saturated carbocycles. The maximum absolute atomic E-state index is 5.73. The molecule has 74 valence electrons. The van der Waals surface area contributed by atoms with Gasteiger partial charge in [0.25, 0.3) is 0 Å². The molecule has 1 unspecified atom stereocenters. The summed E-state index contributed by atoms with van der Waals surface area (Å²) in [5.74, 6) is 1.31. The van der Waals surface area contributed by atoms with Gasteiger partial charge in [-0.15, -0.1) is 11.6 Å². The highest BCUT2D eigenvalue weighted by Gasteiger charge is 2.06. The van der Waals surface area contributed by atoms with Crippen molar-refractivity contribution in [2.75, 3.05) is 39.2 Å². The molecule has 0 radical (unpaired) electrons. The Morgan fingerprint density at radius 1 is 1.50 bits per heavy atom. The highest BCUT2D eigenvalue weighted by atomic mass is 35.5. The highest BCUT2D eigenvalue weighted by molar-refractivity contribution is 6.18. The second-order valence-electron chi connectivity index (χ2n) is 3.15. The quantitative estimate of drug-likeness (QED) is 0.572. The normalized spacial score (nSPS) is 13.8. The molecule has 0 fully saturated rings. The number of nitrogens with zero attached hydrogens (tertiary/aromatic N) is 1. The van der Waals surface area contributed by atoms with Gasteiger partial charge < -0.3 is 9.64 Å². The lowest BCUT2D eigenvalue weighted by Crippen LogP contribution is -2.31. The molecule has 0 aliphatic rings. The molecule has 0 bridgehead atoms. The molecular weight excluding hydrogens is 174 g/mol. The van der Waals surface area contributed by atoms with E-state index in [4.69, 9.17) is 16.3 Å². The van der Waals surface area contributed by atoms with E-state index in [-0.39, 0.29) is 0 Å². The van der Waals surface area contributed by atoms with Crippen LogP contribution in [0, 0.1) is 5.92 Å². The van der Waals surface area contributed by atoms with Gasteiger partial charge in [-0.3, -0.25) is 0 Å². The minimum Gasteiger partial charge on any atom is -0.383 e. The van der Waals surface area contributed by atoms with Crippen LogP contribution in [-0.2, 0) is 4.74 Å². The van der Waals surface area contributed by atoms with Crippen LogP contribution in [0.5, 0.6) is 0 Å². The molecule has 0 heterocycles. The van der Waals surface area contributed by atoms with E-state index in [0.717, 1.165) is 32.1 Å². The van der Waals surface area contributed by atoms with E-state index in [0.29, 0.717) is 5.92 Å². The second kappa shape index (κ2) is 7.84. The van der Waals surface area contributed by atoms with Crippen LogP contribution in [0.3, 0.4) is 0 Å². The van der Waals surface area contributed by atoms with Crippen LogP contribution in [0.2, 0.25) is 0 Å². The topological polar surface area (TPSA) is 12.5 Å². The first-order chi connectivity index (χ1) is 5.74. The number of rotatable bonds is 7. The molecular formula is C9H20ClNO. The number of ether oxygens (including phenoxy) is 1. The molecule has 3 heteroatoms. The van der Waals surface area contributed by atoms with Crippen molar-refractivity contribution in [2.45, 2.75) is 13.8 Å². The fourth-order valence-electron chi connectivity index (χ4n) is 1.09. The predicted octanol–water partition coefficient (Wildman–Crippen LogP) is 1.83. The zero-order chi connectivity index (χ0) is 9.40. The molecule has 0 spiro atoms. The van der Waals surface area contributed by atoms with Gasteiger partial charge in [0.2, 0.25) is 0 Å². The first-order valence-corrected chi connectivity index (χ1v) is 5.05. The van der Waals surface area contributed by atoms with Crippen LogP contribution in [0.15, 0.2) is 0 Å². The van der Waals surface area contributed by atoms with Crippen molar-refractivity contribution in [2.24, 2.45) is 5.92 Å². The summed E-state index contributed by atoms with van der Waals surface area (Å²) in [6, 6.07) is 0. The maximum Gasteiger partial charge on any atom is 0.0589 e. The smallest absolute Gasteiger partial charge is 0.0589 e. The van der Waals surface area contributed by atoms with Gasteiger partial charge in [-0.2, -0.15) is 0 Å². The van der Waals surface area contributed by atoms with Crippen molar-refractivity contribution in [3.05, 3.63) is 0 Å². The number of hydrogen-bond acceptors (Lipinski definition) is 2. The molecule has 2 nitrogen and oxygen atoms in total. The minimum atomic E-state index is 0.573. The van der Waals surface area contributed by atoms with Crippen LogP contribution >= 0.6 is 11.6 Å². The molecule has 0 amide bonds. The van der Waals surface area contributed by atoms with Gasteiger partial charge in [0.15, 0.2) is 0 Å². The third-order valence-corrected chi connectivity index (χ3v) is 2.42. The van der Waals surface area contributed by atoms with Gasteiger partial charge in [-0.25, -0.2) is 0 Å². The molecule has 0 aromatic heterocycles. The van der Waals surface area contributed by atoms with Crippen LogP contribution in [0.4, 0.5) is 0 Å². The van der Waals surface area contributed by atoms with Crippen LogP contribution in [0.1, 0.15) is 13.8 Å². The fourth-order valence-corrected chi connectivity index (χ4v) is 1.19. The molecule has 12 heavy (non-hydrogen) atoms. The average Bonchev–Trinajstić information content (AvgIpc) is 2.11. The van der Waals surface area contributed by atoms with Gasteiger partial charge in [-0.1, -0.05) is 13.8 Å². The SMILES string of the molecule is CCN(CCOC)CC(C)CCl. The zero-order valence-corrected chi connectivity index (χ0v) is 9.10. The standard InChI is InChI=1S/C9H20ClNO/c1-4-11(5-6-12-3)8-9(2)7-10/h9H,4-8H2,1-3H3. The Bertz CT molecular complexity index is 101. The lowest BCUT2D eigenvalue weighted by molar-refractivity contribution is 0.144. The number of hydrogen-bond donors (Lipinski definition) is 0. The van der Waals surface area contributed by atoms with E-state index < -0.39 is 0 Å². The third-order valence-electron chi connectivity index (χ3n) is 1.89. The summed E-state index contributed by atoms with van der Waals surface area (Å²) < 4.78 is 5.01. The van der Waals surface area contributed by atoms with E-state index >= 15 is 0 Å². The summed E-state index contributed by atoms with van der Waals surface area (Å²) in [6.45, 7) is 8.30. The number of alkyl halides is 1. The Balaban J connectivity index is 3.51. The Morgan fingerprint density at radius 3 is 2.58 bits per heavy atom. The second-order valence-corrected chi connectivity index (χ2v) is 3.45. The molecule has 1 atom stereocenters. The van der Waals surface area contributed by atoms with Gasteiger partial charge in [0.1, 0.15) is 0 Å². The van der Waals surface area contributed by atoms with Crippen molar-refractivity contribution in [3.8, 4) is 0 Å². The first kappa shape index (κ1) is 12.2. The third kappa shape index (κ3) is 5.81. The van der Waals surface area contributed by atoms with Crippen molar-refractivity contribution in [1.82, 2.24) is 4.90 Å². The Labute approximate surface area is 80.8 Å². The minimum absolute atomic E-state index is 0.573. The Morgan fingerprint density at radius 2 is 2.17 bits per heavy atom. The van der Waals surface area contributed by atoms with Crippen molar-refractivity contribution in [1.29, 1.82) is 0 Å². The molecule has 0 saturated heterocycles. The van der Waals surface area contributed by atoms with Crippen molar-refractivity contribution < 1.29 is 4.74 Å². The predicted molar refractivity (Wildman–Crippen MR) is 53.9 cm³/mol. The molecule has 0 aliphatic carbocycles. The first-order valence-electron chi connectivity index (χ1n) is 4.51. The lowest BCUT2D eigenvalue weighted by atomic mass is 10.2. The van der Waals surface area contributed by atoms with Gasteiger partial charge in [-0.05, 0) is 12.5 Å². The van der Waals surface area contributed by atoms with Crippen molar-refractivity contribution in [3.63, 3.8) is 0 Å². The van der Waals surface area contributed by atoms with Crippen LogP contribution in [-0.4, -0.2) is 44.1 Å². The number of halogens is 1. The Hall–Kier alpha value is 0.210. The fraction of sp³-hybridized carbons (Fsp3) is 1.00. The van der Waals surface area contributed by atoms with Crippen molar-refractivity contribution >= 4 is 11.6 Å². The Kier molecular flexibility index (Phi) is 7.98. The summed E-state index contributed by atoms with van der Waals surface area (Å²) in [4.78, 5) is 2.36. The van der Waals surface area contributed by atoms with E-state index in [1.54, 1.807) is 7.11 Å². The molecule has 0 aliphatic heterocycles. The summed E-state index contributed by atoms with van der Waals surface area (Å²) in [5.41, 5.74) is 0. The summed E-state index contributed by atoms with van der Waals surface area (Å²) in [5, 5.41) is 0. The van der Waals surface area contributed by atoms with E-state index in [1.165, 1.54) is 0 Å². The number of methoxy groups -OCH3 is 1.